The van der Waals surface area contributed by atoms with Gasteiger partial charge in [-0.2, -0.15) is 0 Å². The van der Waals surface area contributed by atoms with Crippen molar-refractivity contribution in [3.05, 3.63) is 154 Å². The number of aliphatic carboxylic acids is 1. The SMILES string of the molecule is C=CC1=CC=CC(/C(=C/CC)C/C=C\CS(C)=O)C=C1.CC.C\C(Cl)=C/C(Cl)=C\C=C(/C)c1cn(CC2=CC=C(C(=O)O)C=CC2)c(C)n1. The molecule has 5 nitrogen and oxygen atoms in total. The molecule has 0 saturated heterocycles. The highest BCUT2D eigenvalue weighted by molar-refractivity contribution is 7.84. The number of hydrogen-bond donors (Lipinski definition) is 1. The molecule has 0 spiro atoms. The topological polar surface area (TPSA) is 72.2 Å². The van der Waals surface area contributed by atoms with Crippen LogP contribution in [0.3, 0.4) is 0 Å². The van der Waals surface area contributed by atoms with Gasteiger partial charge in [0.1, 0.15) is 5.82 Å². The second kappa shape index (κ2) is 24.4. The van der Waals surface area contributed by atoms with Crippen molar-refractivity contribution in [3.63, 3.8) is 0 Å². The molecule has 2 atom stereocenters. The molecule has 2 unspecified atom stereocenters. The average molecular weight is 724 g/mol. The van der Waals surface area contributed by atoms with Crippen molar-refractivity contribution in [2.45, 2.75) is 67.3 Å². The van der Waals surface area contributed by atoms with E-state index >= 15 is 0 Å². The molecular formula is C41H52Cl2N2O3S. The maximum atomic E-state index is 11.1. The second-order valence-corrected chi connectivity index (χ2v) is 13.5. The Balaban J connectivity index is 0.000000486. The van der Waals surface area contributed by atoms with Gasteiger partial charge in [0.15, 0.2) is 0 Å². The first-order valence-electron chi connectivity index (χ1n) is 16.5. The van der Waals surface area contributed by atoms with Crippen LogP contribution in [0.5, 0.6) is 0 Å². The normalized spacial score (nSPS) is 17.5. The summed E-state index contributed by atoms with van der Waals surface area (Å²) in [6.45, 7) is 16.3. The third-order valence-corrected chi connectivity index (χ3v) is 8.10. The van der Waals surface area contributed by atoms with E-state index in [0.29, 0.717) is 34.7 Å². The maximum absolute atomic E-state index is 11.1. The maximum Gasteiger partial charge on any atom is 0.335 e. The Morgan fingerprint density at radius 2 is 1.86 bits per heavy atom. The monoisotopic (exact) mass is 722 g/mol. The lowest BCUT2D eigenvalue weighted by Gasteiger charge is -2.11. The summed E-state index contributed by atoms with van der Waals surface area (Å²) in [6.07, 6.45) is 37.7. The summed E-state index contributed by atoms with van der Waals surface area (Å²) in [7, 11) is -0.751. The summed E-state index contributed by atoms with van der Waals surface area (Å²) in [5.41, 5.74) is 5.77. The molecule has 264 valence electrons. The molecule has 2 aliphatic rings. The molecule has 1 N–H and O–H groups in total. The van der Waals surface area contributed by atoms with Gasteiger partial charge < -0.3 is 9.67 Å². The van der Waals surface area contributed by atoms with Crippen molar-refractivity contribution in [3.8, 4) is 0 Å². The number of carboxylic acids is 1. The van der Waals surface area contributed by atoms with Crippen LogP contribution >= 0.6 is 23.2 Å². The lowest BCUT2D eigenvalue weighted by Crippen LogP contribution is -2.01. The van der Waals surface area contributed by atoms with Crippen LogP contribution in [0.25, 0.3) is 5.57 Å². The molecule has 1 aromatic heterocycles. The fourth-order valence-corrected chi connectivity index (χ4v) is 5.39. The van der Waals surface area contributed by atoms with Crippen LogP contribution in [0.1, 0.15) is 65.4 Å². The van der Waals surface area contributed by atoms with Crippen molar-refractivity contribution in [1.82, 2.24) is 9.55 Å². The number of carbonyl (C=O) groups is 1. The lowest BCUT2D eigenvalue weighted by molar-refractivity contribution is -0.132. The van der Waals surface area contributed by atoms with Gasteiger partial charge >= 0.3 is 5.97 Å². The van der Waals surface area contributed by atoms with Crippen molar-refractivity contribution in [2.75, 3.05) is 12.0 Å². The van der Waals surface area contributed by atoms with E-state index in [4.69, 9.17) is 28.3 Å². The van der Waals surface area contributed by atoms with Crippen LogP contribution in [0.15, 0.2) is 142 Å². The van der Waals surface area contributed by atoms with Gasteiger partial charge in [0.25, 0.3) is 0 Å². The van der Waals surface area contributed by atoms with E-state index in [-0.39, 0.29) is 5.57 Å². The highest BCUT2D eigenvalue weighted by atomic mass is 35.5. The third kappa shape index (κ3) is 17.5. The van der Waals surface area contributed by atoms with Gasteiger partial charge in [-0.05, 0) is 75.0 Å². The number of imidazole rings is 1. The molecule has 0 saturated carbocycles. The molecule has 0 radical (unpaired) electrons. The number of aryl methyl sites for hydroxylation is 1. The largest absolute Gasteiger partial charge is 0.478 e. The summed E-state index contributed by atoms with van der Waals surface area (Å²) >= 11 is 11.9. The van der Waals surface area contributed by atoms with Crippen LogP contribution in [0.4, 0.5) is 0 Å². The molecule has 0 aliphatic heterocycles. The Morgan fingerprint density at radius 1 is 1.12 bits per heavy atom. The molecule has 2 aliphatic carbocycles. The molecule has 0 aromatic carbocycles. The molecule has 1 aromatic rings. The Bertz CT molecular complexity index is 1640. The van der Waals surface area contributed by atoms with Crippen molar-refractivity contribution < 1.29 is 14.1 Å². The summed E-state index contributed by atoms with van der Waals surface area (Å²) in [6, 6.07) is 0. The van der Waals surface area contributed by atoms with E-state index < -0.39 is 16.8 Å². The first-order chi connectivity index (χ1) is 23.4. The Kier molecular flexibility index (Phi) is 21.6. The van der Waals surface area contributed by atoms with E-state index in [1.54, 1.807) is 37.5 Å². The number of nitrogens with zero attached hydrogens (tertiary/aromatic N) is 2. The van der Waals surface area contributed by atoms with Crippen molar-refractivity contribution in [1.29, 1.82) is 0 Å². The van der Waals surface area contributed by atoms with E-state index in [0.717, 1.165) is 41.1 Å². The van der Waals surface area contributed by atoms with E-state index in [1.165, 1.54) is 5.57 Å². The molecule has 49 heavy (non-hydrogen) atoms. The number of halogens is 2. The van der Waals surface area contributed by atoms with Crippen LogP contribution in [-0.4, -0.2) is 36.8 Å². The van der Waals surface area contributed by atoms with E-state index in [2.05, 4.69) is 65.6 Å². The van der Waals surface area contributed by atoms with Crippen LogP contribution in [0, 0.1) is 12.8 Å². The fraction of sp³-hybridized carbons (Fsp3) is 0.317. The van der Waals surface area contributed by atoms with Crippen molar-refractivity contribution in [2.24, 2.45) is 5.92 Å². The zero-order valence-electron chi connectivity index (χ0n) is 30.0. The molecule has 0 amide bonds. The van der Waals surface area contributed by atoms with E-state index in [1.807, 2.05) is 64.3 Å². The number of hydrogen-bond acceptors (Lipinski definition) is 3. The molecular weight excluding hydrogens is 671 g/mol. The van der Waals surface area contributed by atoms with Crippen LogP contribution in [-0.2, 0) is 22.1 Å². The summed E-state index contributed by atoms with van der Waals surface area (Å²) < 4.78 is 13.1. The first kappa shape index (κ1) is 43.3. The van der Waals surface area contributed by atoms with Gasteiger partial charge in [-0.1, -0.05) is 135 Å². The first-order valence-corrected chi connectivity index (χ1v) is 19.0. The van der Waals surface area contributed by atoms with Gasteiger partial charge in [0, 0.05) is 51.5 Å². The Hall–Kier alpha value is -3.71. The van der Waals surface area contributed by atoms with Gasteiger partial charge in [-0.15, -0.1) is 0 Å². The third-order valence-electron chi connectivity index (χ3n) is 7.09. The number of rotatable bonds is 13. The Morgan fingerprint density at radius 3 is 2.49 bits per heavy atom. The fourth-order valence-electron chi connectivity index (χ4n) is 4.58. The van der Waals surface area contributed by atoms with Gasteiger partial charge in [0.2, 0.25) is 0 Å². The van der Waals surface area contributed by atoms with Crippen LogP contribution in [0.2, 0.25) is 0 Å². The minimum Gasteiger partial charge on any atom is -0.478 e. The highest BCUT2D eigenvalue weighted by Gasteiger charge is 2.10. The van der Waals surface area contributed by atoms with Crippen LogP contribution < -0.4 is 0 Å². The molecule has 0 bridgehead atoms. The minimum absolute atomic E-state index is 0.289. The predicted molar refractivity (Wildman–Crippen MR) is 214 cm³/mol. The number of allylic oxidation sites excluding steroid dienone is 20. The van der Waals surface area contributed by atoms with Crippen molar-refractivity contribution >= 4 is 45.5 Å². The zero-order valence-corrected chi connectivity index (χ0v) is 32.3. The lowest BCUT2D eigenvalue weighted by atomic mass is 9.94. The molecule has 8 heteroatoms. The van der Waals surface area contributed by atoms with Gasteiger partial charge in [-0.25, -0.2) is 9.78 Å². The minimum atomic E-state index is -0.920. The number of carboxylic acid groups (broad SMARTS) is 1. The average Bonchev–Trinajstić information content (AvgIpc) is 3.23. The molecule has 3 rings (SSSR count). The number of aromatic nitrogens is 2. The molecule has 0 fully saturated rings. The summed E-state index contributed by atoms with van der Waals surface area (Å²) in [4.78, 5) is 15.7. The summed E-state index contributed by atoms with van der Waals surface area (Å²) in [5.74, 6) is 0.940. The Labute approximate surface area is 307 Å². The quantitative estimate of drug-likeness (QED) is 0.162. The van der Waals surface area contributed by atoms with E-state index in [9.17, 15) is 9.00 Å². The zero-order chi connectivity index (χ0) is 36.8. The van der Waals surface area contributed by atoms with Gasteiger partial charge in [0.05, 0.1) is 11.3 Å². The van der Waals surface area contributed by atoms with Gasteiger partial charge in [-0.3, -0.25) is 4.21 Å². The second-order valence-electron chi connectivity index (χ2n) is 11.0. The summed E-state index contributed by atoms with van der Waals surface area (Å²) in [5, 5.41) is 10.3. The smallest absolute Gasteiger partial charge is 0.335 e. The standard InChI is InChI=1S/C21H22Cl2N2O2.C18H24OS.C2H6/c1-14(7-10-19(23)11-15(2)22)20-13-25(16(3)24-20)12-17-5-4-6-18(9-8-17)21(26)27;1-4-9-17(11-6-7-15-20(3)19)18-12-8-10-16(5-2)13-14-18;1-2/h4,6-11,13H,5,12H2,1-3H3,(H,26,27);5-10,12-14,18H,2,4,11,15H2,1,3H3;1-2H3/b14-7+,15-11+,19-10+;7-6-,17-9+;. The highest BCUT2D eigenvalue weighted by Crippen LogP contribution is 2.23. The molecule has 1 heterocycles. The predicted octanol–water partition coefficient (Wildman–Crippen LogP) is 11.3.